The largest absolute Gasteiger partial charge is 0.491 e. The van der Waals surface area contributed by atoms with Gasteiger partial charge in [-0.3, -0.25) is 9.69 Å². The number of aryl methyl sites for hydroxylation is 1. The minimum atomic E-state index is -0.695. The summed E-state index contributed by atoms with van der Waals surface area (Å²) in [5, 5.41) is 0.663. The van der Waals surface area contributed by atoms with Crippen LogP contribution in [0, 0.1) is 6.92 Å². The molecular formula is C23H29ClN2O4S. The van der Waals surface area contributed by atoms with Crippen LogP contribution in [0.2, 0.25) is 5.02 Å². The molecule has 0 radical (unpaired) electrons. The van der Waals surface area contributed by atoms with Crippen LogP contribution in [-0.4, -0.2) is 73.9 Å². The zero-order valence-corrected chi connectivity index (χ0v) is 19.4. The maximum absolute atomic E-state index is 13.1. The average Bonchev–Trinajstić information content (AvgIpc) is 3.18. The number of rotatable bonds is 7. The number of carbonyl (C=O) groups is 1. The van der Waals surface area contributed by atoms with E-state index in [0.29, 0.717) is 57.5 Å². The molecule has 2 aliphatic heterocycles. The summed E-state index contributed by atoms with van der Waals surface area (Å²) in [6.45, 7) is 7.79. The van der Waals surface area contributed by atoms with Gasteiger partial charge in [-0.1, -0.05) is 11.6 Å². The van der Waals surface area contributed by atoms with Crippen LogP contribution in [0.25, 0.3) is 0 Å². The van der Waals surface area contributed by atoms with E-state index >= 15 is 0 Å². The lowest BCUT2D eigenvalue weighted by Gasteiger charge is -2.43. The number of benzene rings is 1. The van der Waals surface area contributed by atoms with Crippen LogP contribution in [0.4, 0.5) is 0 Å². The molecule has 0 saturated carbocycles. The Bertz CT molecular complexity index is 869. The van der Waals surface area contributed by atoms with Crippen molar-refractivity contribution in [1.29, 1.82) is 0 Å². The number of nitrogens with zero attached hydrogens (tertiary/aromatic N) is 2. The highest BCUT2D eigenvalue weighted by Gasteiger charge is 2.41. The van der Waals surface area contributed by atoms with Crippen molar-refractivity contribution in [3.8, 4) is 5.75 Å². The molecule has 2 fully saturated rings. The molecule has 3 heterocycles. The van der Waals surface area contributed by atoms with Crippen molar-refractivity contribution in [2.75, 3.05) is 52.6 Å². The SMILES string of the molecule is Cc1ccc(CN2CCO[C@@](COc3ccc(Cl)cc3)(CC(=O)N3CCOCC3)C2)s1. The molecule has 1 amide bonds. The zero-order chi connectivity index (χ0) is 21.7. The Labute approximate surface area is 192 Å². The van der Waals surface area contributed by atoms with Crippen LogP contribution in [0.15, 0.2) is 36.4 Å². The molecule has 31 heavy (non-hydrogen) atoms. The molecule has 6 nitrogen and oxygen atoms in total. The van der Waals surface area contributed by atoms with Crippen LogP contribution in [0.3, 0.4) is 0 Å². The second-order valence-corrected chi connectivity index (χ2v) is 9.98. The standard InChI is InChI=1S/C23H29ClN2O4S/c1-18-2-7-21(31-18)15-25-8-13-30-23(16-25,14-22(27)26-9-11-28-12-10-26)17-29-20-5-3-19(24)4-6-20/h2-7H,8-17H2,1H3/t23-/m0/s1. The molecule has 8 heteroatoms. The summed E-state index contributed by atoms with van der Waals surface area (Å²) in [6.07, 6.45) is 0.292. The van der Waals surface area contributed by atoms with Crippen molar-refractivity contribution in [2.45, 2.75) is 25.5 Å². The van der Waals surface area contributed by atoms with E-state index in [-0.39, 0.29) is 5.91 Å². The Morgan fingerprint density at radius 1 is 1.13 bits per heavy atom. The first-order chi connectivity index (χ1) is 15.0. The van der Waals surface area contributed by atoms with Crippen molar-refractivity contribution in [1.82, 2.24) is 9.80 Å². The topological polar surface area (TPSA) is 51.2 Å². The Balaban J connectivity index is 1.47. The monoisotopic (exact) mass is 464 g/mol. The zero-order valence-electron chi connectivity index (χ0n) is 17.8. The van der Waals surface area contributed by atoms with Crippen LogP contribution in [-0.2, 0) is 20.8 Å². The van der Waals surface area contributed by atoms with Gasteiger partial charge in [0.05, 0.1) is 26.2 Å². The van der Waals surface area contributed by atoms with Crippen molar-refractivity contribution < 1.29 is 19.0 Å². The van der Waals surface area contributed by atoms with Crippen LogP contribution in [0.5, 0.6) is 5.75 Å². The summed E-state index contributed by atoms with van der Waals surface area (Å²) in [5.41, 5.74) is -0.695. The molecular weight excluding hydrogens is 436 g/mol. The predicted octanol–water partition coefficient (Wildman–Crippen LogP) is 3.61. The Morgan fingerprint density at radius 2 is 1.90 bits per heavy atom. The van der Waals surface area contributed by atoms with E-state index in [2.05, 4.69) is 24.0 Å². The van der Waals surface area contributed by atoms with E-state index in [0.717, 1.165) is 18.8 Å². The van der Waals surface area contributed by atoms with Crippen molar-refractivity contribution >= 4 is 28.8 Å². The second kappa shape index (κ2) is 10.3. The summed E-state index contributed by atoms with van der Waals surface area (Å²) < 4.78 is 17.8. The molecule has 0 spiro atoms. The molecule has 0 N–H and O–H groups in total. The van der Waals surface area contributed by atoms with Gasteiger partial charge < -0.3 is 19.1 Å². The molecule has 4 rings (SSSR count). The highest BCUT2D eigenvalue weighted by molar-refractivity contribution is 7.11. The molecule has 2 aromatic rings. The molecule has 2 saturated heterocycles. The second-order valence-electron chi connectivity index (χ2n) is 8.17. The lowest BCUT2D eigenvalue weighted by Crippen LogP contribution is -2.57. The number of thiophene rings is 1. The maximum atomic E-state index is 13.1. The fourth-order valence-electron chi connectivity index (χ4n) is 4.04. The maximum Gasteiger partial charge on any atom is 0.225 e. The van der Waals surface area contributed by atoms with Gasteiger partial charge in [0.25, 0.3) is 0 Å². The summed E-state index contributed by atoms with van der Waals surface area (Å²) >= 11 is 7.81. The van der Waals surface area contributed by atoms with E-state index in [1.54, 1.807) is 12.1 Å². The third kappa shape index (κ3) is 6.20. The average molecular weight is 465 g/mol. The minimum Gasteiger partial charge on any atom is -0.491 e. The quantitative estimate of drug-likeness (QED) is 0.626. The Hall–Kier alpha value is -1.64. The summed E-state index contributed by atoms with van der Waals surface area (Å²) in [5.74, 6) is 0.814. The van der Waals surface area contributed by atoms with E-state index in [1.165, 1.54) is 9.75 Å². The molecule has 0 bridgehead atoms. The highest BCUT2D eigenvalue weighted by Crippen LogP contribution is 2.28. The number of morpholine rings is 2. The van der Waals surface area contributed by atoms with Crippen molar-refractivity contribution in [3.05, 3.63) is 51.2 Å². The first-order valence-electron chi connectivity index (χ1n) is 10.7. The van der Waals surface area contributed by atoms with Gasteiger partial charge >= 0.3 is 0 Å². The number of hydrogen-bond donors (Lipinski definition) is 0. The van der Waals surface area contributed by atoms with Crippen molar-refractivity contribution in [2.24, 2.45) is 0 Å². The number of halogens is 1. The Kier molecular flexibility index (Phi) is 7.51. The first kappa shape index (κ1) is 22.6. The minimum absolute atomic E-state index is 0.0943. The van der Waals surface area contributed by atoms with E-state index in [9.17, 15) is 4.79 Å². The third-order valence-electron chi connectivity index (χ3n) is 5.66. The third-order valence-corrected chi connectivity index (χ3v) is 6.89. The normalized spacial score (nSPS) is 22.5. The lowest BCUT2D eigenvalue weighted by atomic mass is 9.96. The van der Waals surface area contributed by atoms with Gasteiger partial charge in [0.1, 0.15) is 18.0 Å². The molecule has 2 aliphatic rings. The fourth-order valence-corrected chi connectivity index (χ4v) is 5.10. The molecule has 168 valence electrons. The van der Waals surface area contributed by atoms with Crippen LogP contribution in [0.1, 0.15) is 16.2 Å². The smallest absolute Gasteiger partial charge is 0.225 e. The van der Waals surface area contributed by atoms with Gasteiger partial charge in [0, 0.05) is 47.5 Å². The van der Waals surface area contributed by atoms with E-state index in [4.69, 9.17) is 25.8 Å². The van der Waals surface area contributed by atoms with E-state index < -0.39 is 5.60 Å². The number of hydrogen-bond acceptors (Lipinski definition) is 6. The van der Waals surface area contributed by atoms with Crippen LogP contribution < -0.4 is 4.74 Å². The van der Waals surface area contributed by atoms with E-state index in [1.807, 2.05) is 28.4 Å². The fraction of sp³-hybridized carbons (Fsp3) is 0.522. The molecule has 0 unspecified atom stereocenters. The predicted molar refractivity (Wildman–Crippen MR) is 122 cm³/mol. The Morgan fingerprint density at radius 3 is 2.61 bits per heavy atom. The van der Waals surface area contributed by atoms with Gasteiger partial charge in [-0.05, 0) is 43.3 Å². The van der Waals surface area contributed by atoms with Gasteiger partial charge in [-0.25, -0.2) is 0 Å². The number of amides is 1. The van der Waals surface area contributed by atoms with Crippen LogP contribution >= 0.6 is 22.9 Å². The molecule has 1 aromatic heterocycles. The van der Waals surface area contributed by atoms with Gasteiger partial charge in [-0.2, -0.15) is 0 Å². The van der Waals surface area contributed by atoms with Gasteiger partial charge in [0.2, 0.25) is 5.91 Å². The van der Waals surface area contributed by atoms with Crippen molar-refractivity contribution in [3.63, 3.8) is 0 Å². The number of ether oxygens (including phenoxy) is 3. The summed E-state index contributed by atoms with van der Waals surface area (Å²) in [7, 11) is 0. The first-order valence-corrected chi connectivity index (χ1v) is 11.9. The lowest BCUT2D eigenvalue weighted by molar-refractivity contribution is -0.159. The molecule has 1 atom stereocenters. The summed E-state index contributed by atoms with van der Waals surface area (Å²) in [6, 6.07) is 11.6. The van der Waals surface area contributed by atoms with Gasteiger partial charge in [-0.15, -0.1) is 11.3 Å². The number of carbonyl (C=O) groups excluding carboxylic acids is 1. The highest BCUT2D eigenvalue weighted by atomic mass is 35.5. The molecule has 0 aliphatic carbocycles. The summed E-state index contributed by atoms with van der Waals surface area (Å²) in [4.78, 5) is 20.0. The molecule has 1 aromatic carbocycles. The van der Waals surface area contributed by atoms with Gasteiger partial charge in [0.15, 0.2) is 0 Å².